The van der Waals surface area contributed by atoms with Gasteiger partial charge in [-0.15, -0.1) is 0 Å². The first-order chi connectivity index (χ1) is 6.91. The predicted octanol–water partition coefficient (Wildman–Crippen LogP) is 4.00. The molecule has 82 valence electrons. The monoisotopic (exact) mass is 208 g/mol. The van der Waals surface area contributed by atoms with Crippen LogP contribution in [-0.2, 0) is 4.74 Å². The van der Waals surface area contributed by atoms with Crippen LogP contribution in [0, 0.1) is 11.2 Å². The third-order valence-corrected chi connectivity index (χ3v) is 2.90. The molecule has 0 fully saturated rings. The van der Waals surface area contributed by atoms with E-state index in [4.69, 9.17) is 4.74 Å². The predicted molar refractivity (Wildman–Crippen MR) is 58.1 cm³/mol. The van der Waals surface area contributed by atoms with E-state index in [0.717, 1.165) is 11.1 Å². The molecule has 0 amide bonds. The smallest absolute Gasteiger partial charge is 0.129 e. The highest BCUT2D eigenvalue weighted by Gasteiger charge is 2.38. The van der Waals surface area contributed by atoms with Crippen LogP contribution in [0.25, 0.3) is 0 Å². The lowest BCUT2D eigenvalue weighted by Gasteiger charge is -2.27. The summed E-state index contributed by atoms with van der Waals surface area (Å²) in [5.41, 5.74) is 1.75. The summed E-state index contributed by atoms with van der Waals surface area (Å²) in [6, 6.07) is 5.23. The lowest BCUT2D eigenvalue weighted by molar-refractivity contribution is -0.0400. The Labute approximate surface area is 90.3 Å². The van der Waals surface area contributed by atoms with Gasteiger partial charge in [-0.25, -0.2) is 4.39 Å². The molecule has 2 atom stereocenters. The van der Waals surface area contributed by atoms with E-state index in [1.807, 2.05) is 13.0 Å². The standard InChI is InChI=1S/C13H17FO/c1-8-11-9(6-5-7-10(11)14)12(15-8)13(2,3)4/h5-8,12H,1-4H3. The molecule has 0 saturated heterocycles. The van der Waals surface area contributed by atoms with Gasteiger partial charge in [-0.3, -0.25) is 0 Å². The van der Waals surface area contributed by atoms with Crippen molar-refractivity contribution in [1.29, 1.82) is 0 Å². The lowest BCUT2D eigenvalue weighted by atomic mass is 9.84. The van der Waals surface area contributed by atoms with Crippen molar-refractivity contribution in [3.8, 4) is 0 Å². The highest BCUT2D eigenvalue weighted by molar-refractivity contribution is 5.36. The van der Waals surface area contributed by atoms with Gasteiger partial charge in [-0.05, 0) is 24.0 Å². The van der Waals surface area contributed by atoms with Crippen molar-refractivity contribution < 1.29 is 9.13 Å². The van der Waals surface area contributed by atoms with Gasteiger partial charge in [0.25, 0.3) is 0 Å². The van der Waals surface area contributed by atoms with Crippen molar-refractivity contribution in [3.05, 3.63) is 35.1 Å². The van der Waals surface area contributed by atoms with Gasteiger partial charge in [0.05, 0.1) is 12.2 Å². The molecule has 0 saturated carbocycles. The minimum Gasteiger partial charge on any atom is -0.365 e. The Morgan fingerprint density at radius 2 is 1.93 bits per heavy atom. The third kappa shape index (κ3) is 1.67. The van der Waals surface area contributed by atoms with E-state index < -0.39 is 0 Å². The molecular formula is C13H17FO. The second kappa shape index (κ2) is 3.31. The van der Waals surface area contributed by atoms with Gasteiger partial charge in [0, 0.05) is 5.56 Å². The van der Waals surface area contributed by atoms with Gasteiger partial charge >= 0.3 is 0 Å². The van der Waals surface area contributed by atoms with Crippen molar-refractivity contribution in [2.45, 2.75) is 39.9 Å². The Morgan fingerprint density at radius 1 is 1.27 bits per heavy atom. The number of ether oxygens (including phenoxy) is 1. The van der Waals surface area contributed by atoms with Crippen molar-refractivity contribution in [2.24, 2.45) is 5.41 Å². The van der Waals surface area contributed by atoms with Gasteiger partial charge in [-0.1, -0.05) is 32.9 Å². The molecule has 0 aromatic heterocycles. The molecule has 1 heterocycles. The van der Waals surface area contributed by atoms with Gasteiger partial charge < -0.3 is 4.74 Å². The largest absolute Gasteiger partial charge is 0.365 e. The Hall–Kier alpha value is -0.890. The summed E-state index contributed by atoms with van der Waals surface area (Å²) in [5, 5.41) is 0. The summed E-state index contributed by atoms with van der Waals surface area (Å²) < 4.78 is 19.5. The summed E-state index contributed by atoms with van der Waals surface area (Å²) in [5.74, 6) is -0.147. The van der Waals surface area contributed by atoms with Crippen LogP contribution in [0.5, 0.6) is 0 Å². The number of rotatable bonds is 0. The summed E-state index contributed by atoms with van der Waals surface area (Å²) in [6.45, 7) is 8.26. The SMILES string of the molecule is CC1OC(C(C)(C)C)c2cccc(F)c21. The van der Waals surface area contributed by atoms with Crippen LogP contribution < -0.4 is 0 Å². The average Bonchev–Trinajstić information content (AvgIpc) is 2.44. The molecule has 1 aromatic rings. The summed E-state index contributed by atoms with van der Waals surface area (Å²) in [7, 11) is 0. The van der Waals surface area contributed by atoms with Crippen LogP contribution in [-0.4, -0.2) is 0 Å². The second-order valence-corrected chi connectivity index (χ2v) is 5.27. The first-order valence-electron chi connectivity index (χ1n) is 5.35. The van der Waals surface area contributed by atoms with Crippen LogP contribution in [0.3, 0.4) is 0 Å². The van der Waals surface area contributed by atoms with Gasteiger partial charge in [0.2, 0.25) is 0 Å². The van der Waals surface area contributed by atoms with Gasteiger partial charge in [0.1, 0.15) is 5.82 Å². The quantitative estimate of drug-likeness (QED) is 0.626. The first kappa shape index (κ1) is 10.6. The second-order valence-electron chi connectivity index (χ2n) is 5.27. The maximum absolute atomic E-state index is 13.6. The van der Waals surface area contributed by atoms with E-state index in [-0.39, 0.29) is 23.4 Å². The highest BCUT2D eigenvalue weighted by atomic mass is 19.1. The van der Waals surface area contributed by atoms with Gasteiger partial charge in [-0.2, -0.15) is 0 Å². The first-order valence-corrected chi connectivity index (χ1v) is 5.35. The summed E-state index contributed by atoms with van der Waals surface area (Å²) >= 11 is 0. The molecule has 0 bridgehead atoms. The molecule has 2 unspecified atom stereocenters. The zero-order valence-electron chi connectivity index (χ0n) is 9.67. The molecule has 0 aliphatic carbocycles. The van der Waals surface area contributed by atoms with Crippen LogP contribution in [0.4, 0.5) is 4.39 Å². The highest BCUT2D eigenvalue weighted by Crippen LogP contribution is 2.48. The summed E-state index contributed by atoms with van der Waals surface area (Å²) in [4.78, 5) is 0. The number of benzene rings is 1. The van der Waals surface area contributed by atoms with Crippen molar-refractivity contribution in [3.63, 3.8) is 0 Å². The fourth-order valence-electron chi connectivity index (χ4n) is 2.23. The number of hydrogen-bond donors (Lipinski definition) is 0. The minimum atomic E-state index is -0.147. The molecule has 2 heteroatoms. The molecule has 1 aliphatic rings. The van der Waals surface area contributed by atoms with E-state index in [9.17, 15) is 4.39 Å². The molecule has 1 nitrogen and oxygen atoms in total. The van der Waals surface area contributed by atoms with E-state index in [0.29, 0.717) is 0 Å². The molecule has 2 rings (SSSR count). The average molecular weight is 208 g/mol. The Kier molecular flexibility index (Phi) is 2.34. The molecular weight excluding hydrogens is 191 g/mol. The van der Waals surface area contributed by atoms with Crippen LogP contribution in [0.1, 0.15) is 51.0 Å². The Morgan fingerprint density at radius 3 is 2.53 bits per heavy atom. The summed E-state index contributed by atoms with van der Waals surface area (Å²) in [6.07, 6.45) is -0.136. The lowest BCUT2D eigenvalue weighted by Crippen LogP contribution is -2.17. The van der Waals surface area contributed by atoms with Crippen LogP contribution in [0.2, 0.25) is 0 Å². The van der Waals surface area contributed by atoms with E-state index >= 15 is 0 Å². The zero-order chi connectivity index (χ0) is 11.2. The molecule has 1 aromatic carbocycles. The molecule has 0 spiro atoms. The van der Waals surface area contributed by atoms with Crippen molar-refractivity contribution in [1.82, 2.24) is 0 Å². The molecule has 15 heavy (non-hydrogen) atoms. The number of fused-ring (bicyclic) bond motifs is 1. The number of halogens is 1. The zero-order valence-corrected chi connectivity index (χ0v) is 9.67. The fraction of sp³-hybridized carbons (Fsp3) is 0.538. The van der Waals surface area contributed by atoms with Crippen molar-refractivity contribution >= 4 is 0 Å². The van der Waals surface area contributed by atoms with Crippen molar-refractivity contribution in [2.75, 3.05) is 0 Å². The van der Waals surface area contributed by atoms with Crippen LogP contribution in [0.15, 0.2) is 18.2 Å². The fourth-order valence-corrected chi connectivity index (χ4v) is 2.23. The maximum Gasteiger partial charge on any atom is 0.129 e. The minimum absolute atomic E-state index is 0.00167. The molecule has 1 aliphatic heterocycles. The normalized spacial score (nSPS) is 25.4. The number of hydrogen-bond acceptors (Lipinski definition) is 1. The van der Waals surface area contributed by atoms with E-state index in [2.05, 4.69) is 20.8 Å². The van der Waals surface area contributed by atoms with E-state index in [1.165, 1.54) is 6.07 Å². The topological polar surface area (TPSA) is 9.23 Å². The maximum atomic E-state index is 13.6. The van der Waals surface area contributed by atoms with Gasteiger partial charge in [0.15, 0.2) is 0 Å². The molecule has 0 N–H and O–H groups in total. The Balaban J connectivity index is 2.52. The molecule has 0 radical (unpaired) electrons. The third-order valence-electron chi connectivity index (χ3n) is 2.90. The Bertz CT molecular complexity index is 379. The van der Waals surface area contributed by atoms with E-state index in [1.54, 1.807) is 6.07 Å². The van der Waals surface area contributed by atoms with Crippen LogP contribution >= 0.6 is 0 Å².